The molecule has 32 heavy (non-hydrogen) atoms. The van der Waals surface area contributed by atoms with E-state index in [1.54, 1.807) is 0 Å². The number of aromatic nitrogens is 7. The van der Waals surface area contributed by atoms with Gasteiger partial charge in [0.2, 0.25) is 5.95 Å². The molecule has 0 saturated carbocycles. The first-order valence-corrected chi connectivity index (χ1v) is 9.20. The fourth-order valence-corrected chi connectivity index (χ4v) is 3.63. The number of hydrogen-bond acceptors (Lipinski definition) is 6. The fourth-order valence-electron chi connectivity index (χ4n) is 3.63. The molecule has 3 aromatic heterocycles. The van der Waals surface area contributed by atoms with Crippen LogP contribution in [0.15, 0.2) is 36.8 Å². The summed E-state index contributed by atoms with van der Waals surface area (Å²) in [6, 6.07) is -3.49. The summed E-state index contributed by atoms with van der Waals surface area (Å²) in [6.45, 7) is -9.53. The van der Waals surface area contributed by atoms with Crippen molar-refractivity contribution in [3.8, 4) is 23.0 Å². The van der Waals surface area contributed by atoms with Crippen LogP contribution < -0.4 is 4.90 Å². The molecule has 4 aromatic rings. The summed E-state index contributed by atoms with van der Waals surface area (Å²) in [7, 11) is 0. The average molecular weight is 449 g/mol. The Morgan fingerprint density at radius 1 is 1.19 bits per heavy atom. The Bertz CT molecular complexity index is 1710. The van der Waals surface area contributed by atoms with Gasteiger partial charge in [-0.3, -0.25) is 9.13 Å². The normalized spacial score (nSPS) is 22.7. The summed E-state index contributed by atoms with van der Waals surface area (Å²) in [5.41, 5.74) is -0.244. The van der Waals surface area contributed by atoms with Gasteiger partial charge in [-0.25, -0.2) is 18.7 Å². The molecule has 10 heteroatoms. The minimum atomic E-state index is -3.72. The molecule has 0 saturated heterocycles. The highest BCUT2D eigenvalue weighted by atomic mass is 19.1. The lowest BCUT2D eigenvalue weighted by Crippen LogP contribution is -2.40. The molecule has 1 aliphatic rings. The Balaban J connectivity index is 1.88. The number of rotatable bonds is 4. The van der Waals surface area contributed by atoms with Gasteiger partial charge in [-0.1, -0.05) is 6.85 Å². The first kappa shape index (κ1) is 10.8. The number of hydrogen-bond donors (Lipinski definition) is 0. The maximum absolute atomic E-state index is 14.0. The summed E-state index contributed by atoms with van der Waals surface area (Å²) in [5, 5.41) is 7.75. The summed E-state index contributed by atoms with van der Waals surface area (Å²) < 4.78 is 129. The van der Waals surface area contributed by atoms with Crippen molar-refractivity contribution in [1.29, 1.82) is 0 Å². The van der Waals surface area contributed by atoms with Gasteiger partial charge in [-0.2, -0.15) is 4.98 Å². The zero-order valence-electron chi connectivity index (χ0n) is 28.4. The fraction of sp³-hybridized carbons (Fsp3) is 0.318. The predicted octanol–water partition coefficient (Wildman–Crippen LogP) is 4.18. The second-order valence-corrected chi connectivity index (χ2v) is 6.86. The number of aryl methyl sites for hydroxylation is 1. The third kappa shape index (κ3) is 3.05. The lowest BCUT2D eigenvalue weighted by molar-refractivity contribution is 0.496. The number of nitrogens with zero attached hydrogens (tertiary/aromatic N) is 8. The van der Waals surface area contributed by atoms with E-state index in [9.17, 15) is 8.78 Å². The highest BCUT2D eigenvalue weighted by Crippen LogP contribution is 2.40. The number of imidazole rings is 1. The van der Waals surface area contributed by atoms with Crippen LogP contribution in [0.4, 0.5) is 14.6 Å². The number of fused-ring (bicyclic) bond motifs is 3. The highest BCUT2D eigenvalue weighted by Gasteiger charge is 2.36. The number of anilines is 1. The minimum absolute atomic E-state index is 0.0560. The van der Waals surface area contributed by atoms with Crippen molar-refractivity contribution in [2.75, 3.05) is 4.90 Å². The first-order chi connectivity index (χ1) is 20.1. The Kier molecular flexibility index (Phi) is 2.51. The van der Waals surface area contributed by atoms with Crippen molar-refractivity contribution in [2.24, 2.45) is 0 Å². The van der Waals surface area contributed by atoms with Crippen molar-refractivity contribution >= 4 is 5.82 Å². The largest absolute Gasteiger partial charge is 0.342 e. The van der Waals surface area contributed by atoms with Gasteiger partial charge in [0, 0.05) is 45.1 Å². The summed E-state index contributed by atoms with van der Waals surface area (Å²) in [4.78, 5) is 12.9. The molecular formula is C22H22F2N8. The van der Waals surface area contributed by atoms with Crippen LogP contribution >= 0.6 is 0 Å². The Morgan fingerprint density at radius 3 is 2.75 bits per heavy atom. The Morgan fingerprint density at radius 2 is 2.00 bits per heavy atom. The molecule has 0 aliphatic carbocycles. The van der Waals surface area contributed by atoms with E-state index in [0.717, 1.165) is 27.5 Å². The van der Waals surface area contributed by atoms with Crippen LogP contribution in [-0.2, 0) is 0 Å². The predicted molar refractivity (Wildman–Crippen MR) is 115 cm³/mol. The molecule has 0 amide bonds. The van der Waals surface area contributed by atoms with Crippen LogP contribution in [0.3, 0.4) is 0 Å². The van der Waals surface area contributed by atoms with Crippen molar-refractivity contribution in [3.05, 3.63) is 60.1 Å². The molecule has 0 radical (unpaired) electrons. The lowest BCUT2D eigenvalue weighted by Gasteiger charge is -2.39. The third-order valence-corrected chi connectivity index (χ3v) is 4.91. The van der Waals surface area contributed by atoms with E-state index in [1.807, 2.05) is 0 Å². The number of halogens is 2. The van der Waals surface area contributed by atoms with Crippen molar-refractivity contribution in [1.82, 2.24) is 34.3 Å². The third-order valence-electron chi connectivity index (χ3n) is 4.91. The molecule has 5 rings (SSSR count). The zero-order valence-corrected chi connectivity index (χ0v) is 16.4. The van der Waals surface area contributed by atoms with E-state index in [-0.39, 0.29) is 33.7 Å². The molecule has 164 valence electrons. The minimum Gasteiger partial charge on any atom is -0.342 e. The Labute approximate surface area is 200 Å². The smallest absolute Gasteiger partial charge is 0.237 e. The zero-order chi connectivity index (χ0) is 32.8. The SMILES string of the molecule is [2H]C([2H])([2H])C([2H])([2H])[C@H]1c2nnc(C)n2-c2cnc(-n3ccnc3-c3cc(F)cc(F)c3)nc2N1C([2H])(C([2H])([2H])[2H])C([2H])([2H])[2H]. The van der Waals surface area contributed by atoms with Gasteiger partial charge in [-0.15, -0.1) is 10.2 Å². The molecule has 1 aliphatic heterocycles. The molecule has 8 nitrogen and oxygen atoms in total. The van der Waals surface area contributed by atoms with Crippen LogP contribution in [-0.4, -0.2) is 40.3 Å². The molecule has 0 bridgehead atoms. The van der Waals surface area contributed by atoms with Gasteiger partial charge >= 0.3 is 0 Å². The van der Waals surface area contributed by atoms with Crippen molar-refractivity contribution in [3.63, 3.8) is 0 Å². The van der Waals surface area contributed by atoms with Crippen LogP contribution in [0.1, 0.15) is 61.1 Å². The molecule has 1 atom stereocenters. The van der Waals surface area contributed by atoms with Gasteiger partial charge in [0.05, 0.1) is 13.6 Å². The molecule has 0 fully saturated rings. The van der Waals surface area contributed by atoms with E-state index in [0.29, 0.717) is 6.07 Å². The van der Waals surface area contributed by atoms with Gasteiger partial charge in [0.25, 0.3) is 0 Å². The summed E-state index contributed by atoms with van der Waals surface area (Å²) >= 11 is 0. The Hall–Kier alpha value is -3.69. The van der Waals surface area contributed by atoms with Gasteiger partial charge in [0.15, 0.2) is 11.6 Å². The first-order valence-electron chi connectivity index (χ1n) is 15.2. The molecule has 0 unspecified atom stereocenters. The highest BCUT2D eigenvalue weighted by molar-refractivity contribution is 5.64. The number of benzene rings is 1. The van der Waals surface area contributed by atoms with Crippen LogP contribution in [0, 0.1) is 18.6 Å². The standard InChI is InChI=1S/C22H22F2N8/c1-5-17-21-29-28-13(4)32(21)18-11-26-22(27-20(18)31(17)12(2)3)30-7-6-25-19(30)14-8-15(23)10-16(24)9-14/h6-12,17H,5H2,1-4H3/t17-/m0/s1/i1D3,2D3,3D3,5D2,12D. The molecule has 0 spiro atoms. The van der Waals surface area contributed by atoms with Gasteiger partial charge < -0.3 is 4.90 Å². The summed E-state index contributed by atoms with van der Waals surface area (Å²) in [6.07, 6.45) is 0.162. The topological polar surface area (TPSA) is 77.5 Å². The summed E-state index contributed by atoms with van der Waals surface area (Å²) in [5.74, 6) is -3.41. The average Bonchev–Trinajstić information content (AvgIpc) is 3.52. The van der Waals surface area contributed by atoms with E-state index in [4.69, 9.17) is 16.4 Å². The van der Waals surface area contributed by atoms with E-state index in [1.165, 1.54) is 19.3 Å². The maximum Gasteiger partial charge on any atom is 0.237 e. The molecular weight excluding hydrogens is 414 g/mol. The molecule has 1 aromatic carbocycles. The lowest BCUT2D eigenvalue weighted by atomic mass is 10.1. The molecule has 0 N–H and O–H groups in total. The van der Waals surface area contributed by atoms with Crippen molar-refractivity contribution in [2.45, 2.75) is 45.9 Å². The van der Waals surface area contributed by atoms with E-state index in [2.05, 4.69) is 25.1 Å². The second-order valence-electron chi connectivity index (χ2n) is 6.86. The second kappa shape index (κ2) is 7.47. The maximum atomic E-state index is 14.0. The van der Waals surface area contributed by atoms with Crippen LogP contribution in [0.25, 0.3) is 23.0 Å². The quantitative estimate of drug-likeness (QED) is 0.466. The van der Waals surface area contributed by atoms with Crippen molar-refractivity contribution < 1.29 is 25.2 Å². The van der Waals surface area contributed by atoms with Crippen LogP contribution in [0.5, 0.6) is 0 Å². The molecule has 4 heterocycles. The van der Waals surface area contributed by atoms with E-state index >= 15 is 0 Å². The van der Waals surface area contributed by atoms with E-state index < -0.39 is 62.3 Å². The van der Waals surface area contributed by atoms with Gasteiger partial charge in [0.1, 0.15) is 29.0 Å². The monoisotopic (exact) mass is 448 g/mol. The van der Waals surface area contributed by atoms with Crippen LogP contribution in [0.2, 0.25) is 0 Å². The van der Waals surface area contributed by atoms with Gasteiger partial charge in [-0.05, 0) is 39.1 Å².